The molecule has 0 amide bonds. The molecule has 2 rings (SSSR count). The van der Waals surface area contributed by atoms with Crippen LogP contribution in [0.25, 0.3) is 0 Å². The van der Waals surface area contributed by atoms with Crippen molar-refractivity contribution in [3.8, 4) is 5.75 Å². The van der Waals surface area contributed by atoms with Crippen LogP contribution in [0.2, 0.25) is 0 Å². The molecule has 2 aromatic rings. The summed E-state index contributed by atoms with van der Waals surface area (Å²) in [5.74, 6) is 1.37. The second kappa shape index (κ2) is 5.60. The number of rotatable bonds is 4. The van der Waals surface area contributed by atoms with Crippen LogP contribution in [0, 0.1) is 0 Å². The van der Waals surface area contributed by atoms with E-state index in [4.69, 9.17) is 4.74 Å². The molecule has 0 fully saturated rings. The fraction of sp³-hybridized carbons (Fsp3) is 0.500. The standard InChI is InChI=1S/C14H21N4O2P/c1-14(2,3)18-13(15-16-17-18)10-20-11-6-8-12(9-7-11)21(4,5)19/h6-9H,10H2,1-5H3. The van der Waals surface area contributed by atoms with E-state index >= 15 is 0 Å². The number of aromatic nitrogens is 4. The highest BCUT2D eigenvalue weighted by Crippen LogP contribution is 2.34. The van der Waals surface area contributed by atoms with Gasteiger partial charge < -0.3 is 9.30 Å². The van der Waals surface area contributed by atoms with Crippen LogP contribution in [0.5, 0.6) is 5.75 Å². The topological polar surface area (TPSA) is 69.9 Å². The van der Waals surface area contributed by atoms with E-state index in [0.717, 1.165) is 5.30 Å². The van der Waals surface area contributed by atoms with E-state index in [9.17, 15) is 4.57 Å². The minimum absolute atomic E-state index is 0.191. The Morgan fingerprint density at radius 2 is 1.81 bits per heavy atom. The van der Waals surface area contributed by atoms with Crippen LogP contribution in [0.15, 0.2) is 24.3 Å². The first-order valence-electron chi connectivity index (χ1n) is 6.74. The SMILES string of the molecule is CC(C)(C)n1nnnc1COc1ccc(P(C)(C)=O)cc1. The van der Waals surface area contributed by atoms with Gasteiger partial charge in [-0.3, -0.25) is 0 Å². The van der Waals surface area contributed by atoms with Gasteiger partial charge in [0.1, 0.15) is 19.5 Å². The molecule has 0 N–H and O–H groups in total. The normalized spacial score (nSPS) is 12.4. The van der Waals surface area contributed by atoms with Gasteiger partial charge >= 0.3 is 0 Å². The third-order valence-corrected chi connectivity index (χ3v) is 4.54. The minimum Gasteiger partial charge on any atom is -0.486 e. The van der Waals surface area contributed by atoms with Gasteiger partial charge in [-0.1, -0.05) is 0 Å². The summed E-state index contributed by atoms with van der Waals surface area (Å²) in [7, 11) is -2.23. The van der Waals surface area contributed by atoms with Gasteiger partial charge in [-0.25, -0.2) is 4.68 Å². The van der Waals surface area contributed by atoms with Crippen molar-refractivity contribution in [3.63, 3.8) is 0 Å². The van der Waals surface area contributed by atoms with Crippen molar-refractivity contribution in [2.75, 3.05) is 13.3 Å². The maximum Gasteiger partial charge on any atom is 0.189 e. The summed E-state index contributed by atoms with van der Waals surface area (Å²) in [6.45, 7) is 9.88. The molecule has 114 valence electrons. The molecule has 0 aliphatic rings. The average Bonchev–Trinajstić information content (AvgIpc) is 2.84. The van der Waals surface area contributed by atoms with Gasteiger partial charge in [0, 0.05) is 5.30 Å². The lowest BCUT2D eigenvalue weighted by Crippen LogP contribution is -2.26. The number of nitrogens with zero attached hydrogens (tertiary/aromatic N) is 4. The van der Waals surface area contributed by atoms with Crippen LogP contribution in [-0.4, -0.2) is 33.5 Å². The van der Waals surface area contributed by atoms with Crippen molar-refractivity contribution in [3.05, 3.63) is 30.1 Å². The van der Waals surface area contributed by atoms with Gasteiger partial charge in [-0.05, 0) is 68.8 Å². The van der Waals surface area contributed by atoms with Crippen LogP contribution in [0.1, 0.15) is 26.6 Å². The highest BCUT2D eigenvalue weighted by atomic mass is 31.2. The minimum atomic E-state index is -2.23. The van der Waals surface area contributed by atoms with Crippen molar-refractivity contribution in [2.45, 2.75) is 32.9 Å². The summed E-state index contributed by atoms with van der Waals surface area (Å²) in [5, 5.41) is 12.5. The molecule has 7 heteroatoms. The second-order valence-electron chi connectivity index (χ2n) is 6.31. The predicted octanol–water partition coefficient (Wildman–Crippen LogP) is 2.26. The molecule has 1 heterocycles. The lowest BCUT2D eigenvalue weighted by Gasteiger charge is -2.19. The van der Waals surface area contributed by atoms with Gasteiger partial charge in [0.05, 0.1) is 5.54 Å². The van der Waals surface area contributed by atoms with E-state index in [0.29, 0.717) is 18.2 Å². The molecule has 0 aliphatic carbocycles. The molecular formula is C14H21N4O2P. The highest BCUT2D eigenvalue weighted by Gasteiger charge is 2.20. The summed E-state index contributed by atoms with van der Waals surface area (Å²) in [5.41, 5.74) is -0.191. The molecule has 0 spiro atoms. The summed E-state index contributed by atoms with van der Waals surface area (Å²) in [4.78, 5) is 0. The molecule has 0 atom stereocenters. The molecule has 6 nitrogen and oxygen atoms in total. The molecule has 0 unspecified atom stereocenters. The summed E-state index contributed by atoms with van der Waals surface area (Å²) < 4.78 is 19.4. The van der Waals surface area contributed by atoms with Gasteiger partial charge in [-0.15, -0.1) is 5.10 Å². The Hall–Kier alpha value is -1.68. The van der Waals surface area contributed by atoms with Gasteiger partial charge in [0.2, 0.25) is 0 Å². The second-order valence-corrected chi connectivity index (χ2v) is 9.53. The molecule has 0 radical (unpaired) electrons. The zero-order valence-corrected chi connectivity index (χ0v) is 14.0. The Morgan fingerprint density at radius 3 is 2.33 bits per heavy atom. The summed E-state index contributed by atoms with van der Waals surface area (Å²) in [6.07, 6.45) is 0. The Bertz CT molecular complexity index is 652. The maximum atomic E-state index is 12.0. The number of ether oxygens (including phenoxy) is 1. The number of benzene rings is 1. The first-order chi connectivity index (χ1) is 9.68. The quantitative estimate of drug-likeness (QED) is 0.810. The van der Waals surface area contributed by atoms with Crippen LogP contribution < -0.4 is 10.0 Å². The molecule has 1 aromatic carbocycles. The van der Waals surface area contributed by atoms with E-state index in [1.54, 1.807) is 18.0 Å². The first-order valence-corrected chi connectivity index (χ1v) is 9.34. The maximum absolute atomic E-state index is 12.0. The first kappa shape index (κ1) is 15.7. The van der Waals surface area contributed by atoms with Gasteiger partial charge in [0.15, 0.2) is 5.82 Å². The van der Waals surface area contributed by atoms with Crippen molar-refractivity contribution in [1.29, 1.82) is 0 Å². The molecular weight excluding hydrogens is 287 g/mol. The van der Waals surface area contributed by atoms with Crippen molar-refractivity contribution < 1.29 is 9.30 Å². The Morgan fingerprint density at radius 1 is 1.19 bits per heavy atom. The third kappa shape index (κ3) is 3.91. The molecule has 21 heavy (non-hydrogen) atoms. The zero-order valence-electron chi connectivity index (χ0n) is 13.1. The largest absolute Gasteiger partial charge is 0.486 e. The van der Waals surface area contributed by atoms with Crippen LogP contribution in [-0.2, 0) is 16.7 Å². The van der Waals surface area contributed by atoms with E-state index in [1.165, 1.54) is 0 Å². The van der Waals surface area contributed by atoms with Crippen molar-refractivity contribution in [2.24, 2.45) is 0 Å². The van der Waals surface area contributed by atoms with E-state index in [-0.39, 0.29) is 5.54 Å². The van der Waals surface area contributed by atoms with Gasteiger partial charge in [-0.2, -0.15) is 0 Å². The monoisotopic (exact) mass is 308 g/mol. The van der Waals surface area contributed by atoms with E-state index in [1.807, 2.05) is 45.0 Å². The number of tetrazole rings is 1. The van der Waals surface area contributed by atoms with Crippen LogP contribution in [0.3, 0.4) is 0 Å². The van der Waals surface area contributed by atoms with Crippen molar-refractivity contribution >= 4 is 12.4 Å². The fourth-order valence-electron chi connectivity index (χ4n) is 1.87. The fourth-order valence-corrected chi connectivity index (χ4v) is 2.73. The van der Waals surface area contributed by atoms with Crippen LogP contribution >= 0.6 is 7.14 Å². The Balaban J connectivity index is 2.08. The smallest absolute Gasteiger partial charge is 0.189 e. The molecule has 0 bridgehead atoms. The third-order valence-electron chi connectivity index (χ3n) is 3.00. The lowest BCUT2D eigenvalue weighted by atomic mass is 10.1. The Kier molecular flexibility index (Phi) is 4.19. The molecule has 0 saturated heterocycles. The highest BCUT2D eigenvalue weighted by molar-refractivity contribution is 7.70. The van der Waals surface area contributed by atoms with Crippen molar-refractivity contribution in [1.82, 2.24) is 20.2 Å². The average molecular weight is 308 g/mol. The summed E-state index contributed by atoms with van der Waals surface area (Å²) >= 11 is 0. The molecule has 1 aromatic heterocycles. The lowest BCUT2D eigenvalue weighted by molar-refractivity contribution is 0.259. The number of hydrogen-bond acceptors (Lipinski definition) is 5. The number of hydrogen-bond donors (Lipinski definition) is 0. The predicted molar refractivity (Wildman–Crippen MR) is 82.7 cm³/mol. The molecule has 0 aliphatic heterocycles. The molecule has 0 saturated carbocycles. The Labute approximate surface area is 124 Å². The summed E-state index contributed by atoms with van der Waals surface area (Å²) in [6, 6.07) is 7.31. The van der Waals surface area contributed by atoms with Crippen LogP contribution in [0.4, 0.5) is 0 Å². The zero-order chi connectivity index (χ0) is 15.7. The van der Waals surface area contributed by atoms with Gasteiger partial charge in [0.25, 0.3) is 0 Å². The van der Waals surface area contributed by atoms with E-state index in [2.05, 4.69) is 15.5 Å². The van der Waals surface area contributed by atoms with E-state index < -0.39 is 7.14 Å².